The fourth-order valence-corrected chi connectivity index (χ4v) is 2.49. The summed E-state index contributed by atoms with van der Waals surface area (Å²) >= 11 is 0. The van der Waals surface area contributed by atoms with Crippen LogP contribution < -0.4 is 10.1 Å². The van der Waals surface area contributed by atoms with E-state index in [1.807, 2.05) is 37.4 Å². The van der Waals surface area contributed by atoms with Crippen LogP contribution in [0.1, 0.15) is 18.5 Å². The first-order chi connectivity index (χ1) is 11.1. The minimum Gasteiger partial charge on any atom is -0.494 e. The largest absolute Gasteiger partial charge is 0.494 e. The number of rotatable bonds is 4. The maximum atomic E-state index is 12.0. The fraction of sp³-hybridized carbons (Fsp3) is 0.375. The Kier molecular flexibility index (Phi) is 4.20. The van der Waals surface area contributed by atoms with Crippen LogP contribution in [0, 0.1) is 0 Å². The van der Waals surface area contributed by atoms with Gasteiger partial charge in [0.1, 0.15) is 11.4 Å². The number of hydrogen-bond acceptors (Lipinski definition) is 4. The van der Waals surface area contributed by atoms with Crippen LogP contribution in [0.25, 0.3) is 5.69 Å². The first kappa shape index (κ1) is 15.4. The Morgan fingerprint density at radius 1 is 1.43 bits per heavy atom. The van der Waals surface area contributed by atoms with E-state index in [0.717, 1.165) is 17.0 Å². The monoisotopic (exact) mass is 316 g/mol. The van der Waals surface area contributed by atoms with Gasteiger partial charge in [0.2, 0.25) is 0 Å². The molecule has 2 aromatic rings. The molecule has 1 aromatic carbocycles. The average Bonchev–Trinajstić information content (AvgIpc) is 3.01. The molecular weight excluding hydrogens is 296 g/mol. The normalized spacial score (nSPS) is 15.9. The maximum absolute atomic E-state index is 12.0. The number of ether oxygens (including phenoxy) is 1. The molecule has 3 rings (SSSR count). The van der Waals surface area contributed by atoms with E-state index in [9.17, 15) is 9.90 Å². The lowest BCUT2D eigenvalue weighted by Gasteiger charge is -2.36. The molecule has 7 heteroatoms. The van der Waals surface area contributed by atoms with E-state index >= 15 is 0 Å². The SMILES string of the molecule is COc1ccccc1-n1cc([C@H](C)NC(=O)N2CC(O)C2)cn1. The molecule has 2 N–H and O–H groups in total. The zero-order valence-corrected chi connectivity index (χ0v) is 13.1. The van der Waals surface area contributed by atoms with Gasteiger partial charge in [0, 0.05) is 11.8 Å². The van der Waals surface area contributed by atoms with Gasteiger partial charge in [-0.25, -0.2) is 9.48 Å². The number of nitrogens with zero attached hydrogens (tertiary/aromatic N) is 3. The van der Waals surface area contributed by atoms with Crippen molar-refractivity contribution in [1.29, 1.82) is 0 Å². The molecule has 1 aromatic heterocycles. The number of hydrogen-bond donors (Lipinski definition) is 2. The van der Waals surface area contributed by atoms with Crippen molar-refractivity contribution in [3.63, 3.8) is 0 Å². The van der Waals surface area contributed by atoms with Gasteiger partial charge in [0.05, 0.1) is 38.5 Å². The van der Waals surface area contributed by atoms with Crippen LogP contribution in [0.4, 0.5) is 4.79 Å². The van der Waals surface area contributed by atoms with Gasteiger partial charge in [-0.15, -0.1) is 0 Å². The number of para-hydroxylation sites is 2. The molecule has 23 heavy (non-hydrogen) atoms. The molecule has 1 fully saturated rings. The van der Waals surface area contributed by atoms with E-state index < -0.39 is 6.10 Å². The minimum absolute atomic E-state index is 0.173. The number of amides is 2. The number of nitrogens with one attached hydrogen (secondary N) is 1. The number of carbonyl (C=O) groups excluding carboxylic acids is 1. The molecule has 122 valence electrons. The summed E-state index contributed by atoms with van der Waals surface area (Å²) < 4.78 is 7.06. The highest BCUT2D eigenvalue weighted by Gasteiger charge is 2.29. The predicted molar refractivity (Wildman–Crippen MR) is 84.6 cm³/mol. The molecule has 1 aliphatic heterocycles. The number of benzene rings is 1. The van der Waals surface area contributed by atoms with Gasteiger partial charge in [-0.2, -0.15) is 5.10 Å². The van der Waals surface area contributed by atoms with Crippen molar-refractivity contribution in [2.24, 2.45) is 0 Å². The van der Waals surface area contributed by atoms with E-state index in [4.69, 9.17) is 4.74 Å². The lowest BCUT2D eigenvalue weighted by Crippen LogP contribution is -2.56. The lowest BCUT2D eigenvalue weighted by molar-refractivity contribution is 0.0259. The number of aliphatic hydroxyl groups excluding tert-OH is 1. The maximum Gasteiger partial charge on any atom is 0.318 e. The summed E-state index contributed by atoms with van der Waals surface area (Å²) in [7, 11) is 1.62. The molecule has 1 atom stereocenters. The summed E-state index contributed by atoms with van der Waals surface area (Å²) in [6.45, 7) is 2.68. The predicted octanol–water partition coefficient (Wildman–Crippen LogP) is 1.33. The van der Waals surface area contributed by atoms with Crippen LogP contribution in [0.5, 0.6) is 5.75 Å². The quantitative estimate of drug-likeness (QED) is 0.892. The number of aliphatic hydroxyl groups is 1. The second kappa shape index (κ2) is 6.29. The molecule has 2 amide bonds. The second-order valence-electron chi connectivity index (χ2n) is 5.62. The van der Waals surface area contributed by atoms with Crippen LogP contribution in [0.2, 0.25) is 0 Å². The van der Waals surface area contributed by atoms with Gasteiger partial charge < -0.3 is 20.1 Å². The van der Waals surface area contributed by atoms with Crippen LogP contribution in [-0.4, -0.2) is 52.1 Å². The van der Waals surface area contributed by atoms with Gasteiger partial charge in [-0.1, -0.05) is 12.1 Å². The lowest BCUT2D eigenvalue weighted by atomic mass is 10.1. The molecule has 1 saturated heterocycles. The molecule has 0 aliphatic carbocycles. The van der Waals surface area contributed by atoms with Gasteiger partial charge in [0.25, 0.3) is 0 Å². The van der Waals surface area contributed by atoms with Crippen LogP contribution in [0.15, 0.2) is 36.7 Å². The Hall–Kier alpha value is -2.54. The summed E-state index contributed by atoms with van der Waals surface area (Å²) in [5.74, 6) is 0.730. The zero-order chi connectivity index (χ0) is 16.4. The van der Waals surface area contributed by atoms with Gasteiger partial charge in [-0.05, 0) is 19.1 Å². The number of carbonyl (C=O) groups is 1. The molecule has 0 bridgehead atoms. The second-order valence-corrected chi connectivity index (χ2v) is 5.62. The summed E-state index contributed by atoms with van der Waals surface area (Å²) in [5, 5.41) is 16.5. The fourth-order valence-electron chi connectivity index (χ4n) is 2.49. The highest BCUT2D eigenvalue weighted by atomic mass is 16.5. The smallest absolute Gasteiger partial charge is 0.318 e. The van der Waals surface area contributed by atoms with Crippen molar-refractivity contribution in [1.82, 2.24) is 20.0 Å². The van der Waals surface area contributed by atoms with Crippen molar-refractivity contribution >= 4 is 6.03 Å². The summed E-state index contributed by atoms with van der Waals surface area (Å²) in [4.78, 5) is 13.6. The Balaban J connectivity index is 1.70. The Labute approximate surface area is 134 Å². The number of β-amino-alcohol motifs (C(OH)–C–C–N with tert-alkyl or cyclic N) is 1. The van der Waals surface area contributed by atoms with E-state index in [1.54, 1.807) is 22.9 Å². The van der Waals surface area contributed by atoms with Crippen molar-refractivity contribution in [3.05, 3.63) is 42.2 Å². The standard InChI is InChI=1S/C16H20N4O3/c1-11(18-16(22)19-9-13(21)10-19)12-7-17-20(8-12)14-5-3-4-6-15(14)23-2/h3-8,11,13,21H,9-10H2,1-2H3,(H,18,22)/t11-/m0/s1. The van der Waals surface area contributed by atoms with Crippen molar-refractivity contribution in [3.8, 4) is 11.4 Å². The topological polar surface area (TPSA) is 79.6 Å². The van der Waals surface area contributed by atoms with E-state index in [0.29, 0.717) is 13.1 Å². The van der Waals surface area contributed by atoms with Crippen LogP contribution >= 0.6 is 0 Å². The first-order valence-electron chi connectivity index (χ1n) is 7.50. The summed E-state index contributed by atoms with van der Waals surface area (Å²) in [6.07, 6.45) is 3.19. The molecule has 0 unspecified atom stereocenters. The van der Waals surface area contributed by atoms with Crippen molar-refractivity contribution < 1.29 is 14.6 Å². The Morgan fingerprint density at radius 3 is 2.87 bits per heavy atom. The molecule has 0 spiro atoms. The average molecular weight is 316 g/mol. The van der Waals surface area contributed by atoms with E-state index in [1.165, 1.54) is 0 Å². The number of aromatic nitrogens is 2. The van der Waals surface area contributed by atoms with E-state index in [2.05, 4.69) is 10.4 Å². The zero-order valence-electron chi connectivity index (χ0n) is 13.1. The Bertz CT molecular complexity index is 694. The molecule has 0 saturated carbocycles. The van der Waals surface area contributed by atoms with Gasteiger partial charge >= 0.3 is 6.03 Å². The molecule has 2 heterocycles. The van der Waals surface area contributed by atoms with Gasteiger partial charge in [-0.3, -0.25) is 0 Å². The number of likely N-dealkylation sites (tertiary alicyclic amines) is 1. The number of methoxy groups -OCH3 is 1. The third-order valence-corrected chi connectivity index (χ3v) is 3.92. The molecule has 0 radical (unpaired) electrons. The highest BCUT2D eigenvalue weighted by Crippen LogP contribution is 2.23. The van der Waals surface area contributed by atoms with Crippen molar-refractivity contribution in [2.75, 3.05) is 20.2 Å². The highest BCUT2D eigenvalue weighted by molar-refractivity contribution is 5.75. The Morgan fingerprint density at radius 2 is 2.17 bits per heavy atom. The molecule has 7 nitrogen and oxygen atoms in total. The van der Waals surface area contributed by atoms with Gasteiger partial charge in [0.15, 0.2) is 0 Å². The third-order valence-electron chi connectivity index (χ3n) is 3.92. The summed E-state index contributed by atoms with van der Waals surface area (Å²) in [6, 6.07) is 7.25. The van der Waals surface area contributed by atoms with E-state index in [-0.39, 0.29) is 12.1 Å². The number of urea groups is 1. The third kappa shape index (κ3) is 3.14. The van der Waals surface area contributed by atoms with Crippen molar-refractivity contribution in [2.45, 2.75) is 19.1 Å². The minimum atomic E-state index is -0.399. The van der Waals surface area contributed by atoms with Crippen LogP contribution in [-0.2, 0) is 0 Å². The summed E-state index contributed by atoms with van der Waals surface area (Å²) in [5.41, 5.74) is 1.73. The van der Waals surface area contributed by atoms with Crippen LogP contribution in [0.3, 0.4) is 0 Å². The molecular formula is C16H20N4O3. The molecule has 1 aliphatic rings. The first-order valence-corrected chi connectivity index (χ1v) is 7.50.